The van der Waals surface area contributed by atoms with Gasteiger partial charge in [0.2, 0.25) is 59.1 Å². The average Bonchev–Trinajstić information content (AvgIpc) is 3.28. The molecule has 10 amide bonds. The van der Waals surface area contributed by atoms with Crippen LogP contribution in [-0.4, -0.2) is 214 Å². The van der Waals surface area contributed by atoms with Gasteiger partial charge in [-0.15, -0.1) is 0 Å². The van der Waals surface area contributed by atoms with Gasteiger partial charge in [-0.3, -0.25) is 76.7 Å². The van der Waals surface area contributed by atoms with E-state index in [9.17, 15) is 112 Å². The first kappa shape index (κ1) is 65.9. The van der Waals surface area contributed by atoms with Crippen LogP contribution in [-0.2, 0) is 81.5 Å². The number of primary amides is 1. The van der Waals surface area contributed by atoms with Crippen LogP contribution in [0.1, 0.15) is 71.1 Å². The molecule has 418 valence electrons. The van der Waals surface area contributed by atoms with E-state index in [-0.39, 0.29) is 0 Å². The van der Waals surface area contributed by atoms with Crippen LogP contribution in [0.3, 0.4) is 0 Å². The van der Waals surface area contributed by atoms with Crippen LogP contribution < -0.4 is 53.6 Å². The molecule has 0 aromatic carbocycles. The van der Waals surface area contributed by atoms with Crippen LogP contribution in [0.5, 0.6) is 0 Å². The molecule has 0 rings (SSSR count). The highest BCUT2D eigenvalue weighted by Gasteiger charge is 2.37. The normalized spacial score (nSPS) is 14.2. The SMILES string of the molecule is CC(=O)N[C@H](CC(=O)O)C(=O)N[C@H](CO)C(=O)N[C@H](CCC(=O)O)C(=O)N[C@H](CC(=O)O)C(=O)N[C@H](CC(N)=O)C(=O)N[C@H](CO)C(=O)N[C@H](CC(=O)O)C(=O)N[C@H](CCC(=O)O)C(=O)N[C@H](CCC(=O)O)C(=O)O. The second-order valence-corrected chi connectivity index (χ2v) is 15.7. The Kier molecular flexibility index (Phi) is 28.8. The van der Waals surface area contributed by atoms with E-state index in [0.717, 1.165) is 6.92 Å². The van der Waals surface area contributed by atoms with Gasteiger partial charge in [0, 0.05) is 26.2 Å². The van der Waals surface area contributed by atoms with Gasteiger partial charge in [-0.05, 0) is 19.3 Å². The summed E-state index contributed by atoms with van der Waals surface area (Å²) in [5.74, 6) is -26.0. The Bertz CT molecular complexity index is 2190. The van der Waals surface area contributed by atoms with E-state index in [0.29, 0.717) is 0 Å². The molecule has 20 N–H and O–H groups in total. The van der Waals surface area contributed by atoms with Crippen molar-refractivity contribution in [2.75, 3.05) is 13.2 Å². The van der Waals surface area contributed by atoms with Gasteiger partial charge in [-0.1, -0.05) is 0 Å². The number of aliphatic hydroxyl groups excluding tert-OH is 2. The number of carbonyl (C=O) groups excluding carboxylic acids is 10. The van der Waals surface area contributed by atoms with Crippen molar-refractivity contribution in [1.82, 2.24) is 47.9 Å². The zero-order valence-corrected chi connectivity index (χ0v) is 39.2. The molecule has 0 aliphatic carbocycles. The molecule has 9 atom stereocenters. The molecular formula is C39H56N10O26. The second kappa shape index (κ2) is 32.8. The molecular weight excluding hydrogens is 1020 g/mol. The molecule has 0 fully saturated rings. The van der Waals surface area contributed by atoms with Gasteiger partial charge >= 0.3 is 41.8 Å². The number of hydrogen-bond acceptors (Lipinski definition) is 19. The Balaban J connectivity index is 6.58. The molecule has 0 heterocycles. The summed E-state index contributed by atoms with van der Waals surface area (Å²) in [6.07, 6.45) is -9.81. The van der Waals surface area contributed by atoms with Gasteiger partial charge in [0.15, 0.2) is 0 Å². The monoisotopic (exact) mass is 1080 g/mol. The van der Waals surface area contributed by atoms with Crippen molar-refractivity contribution in [3.63, 3.8) is 0 Å². The van der Waals surface area contributed by atoms with Crippen molar-refractivity contribution in [2.24, 2.45) is 5.73 Å². The van der Waals surface area contributed by atoms with Gasteiger partial charge in [0.1, 0.15) is 54.4 Å². The van der Waals surface area contributed by atoms with Crippen LogP contribution >= 0.6 is 0 Å². The third-order valence-electron chi connectivity index (χ3n) is 9.59. The number of nitrogens with two attached hydrogens (primary N) is 1. The van der Waals surface area contributed by atoms with E-state index in [2.05, 4.69) is 0 Å². The maximum atomic E-state index is 13.5. The number of nitrogens with one attached hydrogen (secondary N) is 9. The van der Waals surface area contributed by atoms with E-state index in [1.54, 1.807) is 0 Å². The first-order chi connectivity index (χ1) is 34.8. The quantitative estimate of drug-likeness (QED) is 0.0275. The van der Waals surface area contributed by atoms with Gasteiger partial charge < -0.3 is 99.5 Å². The largest absolute Gasteiger partial charge is 0.481 e. The number of carbonyl (C=O) groups is 17. The van der Waals surface area contributed by atoms with Crippen LogP contribution in [0, 0.1) is 0 Å². The van der Waals surface area contributed by atoms with Gasteiger partial charge in [0.05, 0.1) is 38.9 Å². The Morgan fingerprint density at radius 2 is 0.547 bits per heavy atom. The van der Waals surface area contributed by atoms with E-state index < -0.39 is 233 Å². The molecule has 0 unspecified atom stereocenters. The minimum Gasteiger partial charge on any atom is -0.481 e. The van der Waals surface area contributed by atoms with Crippen LogP contribution in [0.4, 0.5) is 0 Å². The van der Waals surface area contributed by atoms with E-state index in [1.807, 2.05) is 47.9 Å². The molecule has 0 aliphatic heterocycles. The van der Waals surface area contributed by atoms with Gasteiger partial charge in [-0.25, -0.2) is 4.79 Å². The number of carboxylic acids is 7. The number of rotatable bonds is 37. The van der Waals surface area contributed by atoms with Gasteiger partial charge in [0.25, 0.3) is 0 Å². The topological polar surface area (TPSA) is 607 Å². The highest BCUT2D eigenvalue weighted by molar-refractivity contribution is 6.00. The molecule has 36 nitrogen and oxygen atoms in total. The zero-order chi connectivity index (χ0) is 57.9. The first-order valence-corrected chi connectivity index (χ1v) is 21.6. The van der Waals surface area contributed by atoms with E-state index in [4.69, 9.17) is 21.1 Å². The molecule has 0 saturated carbocycles. The summed E-state index contributed by atoms with van der Waals surface area (Å²) >= 11 is 0. The minimum atomic E-state index is -2.31. The number of carboxylic acid groups (broad SMARTS) is 7. The Hall–Kier alpha value is -9.09. The summed E-state index contributed by atoms with van der Waals surface area (Å²) in [5.41, 5.74) is 5.20. The Morgan fingerprint density at radius 1 is 0.320 bits per heavy atom. The third kappa shape index (κ3) is 26.8. The molecule has 0 bridgehead atoms. The Labute approximate surface area is 420 Å². The standard InChI is InChI=1S/C39H56N10O26/c1-14(52)41-19(9-28(60)61)34(69)49-22(12-50)37(72)43-16(3-6-26(56)57)32(67)46-21(11-30(64)65)36(71)45-18(8-24(40)53)33(68)48-23(13-51)38(73)47-20(10-29(62)63)35(70)42-15(2-5-25(54)55)31(66)44-17(39(74)75)4-7-27(58)59/h15-23,50-51H,2-13H2,1H3,(H2,40,53)(H,41,52)(H,42,70)(H,43,72)(H,44,66)(H,45,71)(H,46,67)(H,47,73)(H,48,68)(H,49,69)(H,54,55)(H,56,57)(H,58,59)(H,60,61)(H,62,63)(H,64,65)(H,74,75)/t15-,16-,17-,18-,19-,20-,21-,22-,23-/m1/s1. The summed E-state index contributed by atoms with van der Waals surface area (Å²) in [4.78, 5) is 209. The summed E-state index contributed by atoms with van der Waals surface area (Å²) in [5, 5.41) is 102. The number of aliphatic hydroxyl groups is 2. The van der Waals surface area contributed by atoms with Crippen molar-refractivity contribution in [2.45, 2.75) is 126 Å². The maximum Gasteiger partial charge on any atom is 0.326 e. The smallest absolute Gasteiger partial charge is 0.326 e. The summed E-state index contributed by atoms with van der Waals surface area (Å²) in [6.45, 7) is -1.77. The summed E-state index contributed by atoms with van der Waals surface area (Å²) < 4.78 is 0. The Morgan fingerprint density at radius 3 is 0.800 bits per heavy atom. The lowest BCUT2D eigenvalue weighted by Crippen LogP contribution is -2.61. The first-order valence-electron chi connectivity index (χ1n) is 21.6. The highest BCUT2D eigenvalue weighted by atomic mass is 16.4. The molecule has 0 aliphatic rings. The molecule has 0 aromatic heterocycles. The van der Waals surface area contributed by atoms with Crippen molar-refractivity contribution in [3.8, 4) is 0 Å². The fourth-order valence-electron chi connectivity index (χ4n) is 5.97. The van der Waals surface area contributed by atoms with Gasteiger partial charge in [-0.2, -0.15) is 0 Å². The lowest BCUT2D eigenvalue weighted by atomic mass is 10.1. The minimum absolute atomic E-state index is 0.687. The summed E-state index contributed by atoms with van der Waals surface area (Å²) in [7, 11) is 0. The van der Waals surface area contributed by atoms with Crippen molar-refractivity contribution < 1.29 is 127 Å². The number of amides is 10. The lowest BCUT2D eigenvalue weighted by Gasteiger charge is -2.27. The maximum absolute atomic E-state index is 13.5. The van der Waals surface area contributed by atoms with E-state index in [1.165, 1.54) is 0 Å². The number of aliphatic carboxylic acids is 7. The highest BCUT2D eigenvalue weighted by Crippen LogP contribution is 2.08. The zero-order valence-electron chi connectivity index (χ0n) is 39.2. The molecule has 36 heteroatoms. The predicted molar refractivity (Wildman–Crippen MR) is 236 cm³/mol. The molecule has 0 radical (unpaired) electrons. The third-order valence-corrected chi connectivity index (χ3v) is 9.59. The van der Waals surface area contributed by atoms with Crippen LogP contribution in [0.15, 0.2) is 0 Å². The molecule has 0 saturated heterocycles. The molecule has 75 heavy (non-hydrogen) atoms. The lowest BCUT2D eigenvalue weighted by molar-refractivity contribution is -0.145. The van der Waals surface area contributed by atoms with Crippen molar-refractivity contribution in [1.29, 1.82) is 0 Å². The fraction of sp³-hybridized carbons (Fsp3) is 0.564. The number of hydrogen-bond donors (Lipinski definition) is 19. The second-order valence-electron chi connectivity index (χ2n) is 15.7. The van der Waals surface area contributed by atoms with Crippen LogP contribution in [0.2, 0.25) is 0 Å². The average molecular weight is 1080 g/mol. The fourth-order valence-corrected chi connectivity index (χ4v) is 5.97. The molecule has 0 spiro atoms. The van der Waals surface area contributed by atoms with Crippen molar-refractivity contribution >= 4 is 101 Å². The molecule has 0 aromatic rings. The summed E-state index contributed by atoms with van der Waals surface area (Å²) in [6, 6.07) is -18.8. The van der Waals surface area contributed by atoms with E-state index >= 15 is 0 Å². The predicted octanol–water partition coefficient (Wildman–Crippen LogP) is -9.67. The van der Waals surface area contributed by atoms with Crippen molar-refractivity contribution in [3.05, 3.63) is 0 Å². The van der Waals surface area contributed by atoms with Crippen LogP contribution in [0.25, 0.3) is 0 Å².